The molecule has 0 N–H and O–H groups in total. The largest absolute Gasteiger partial charge is 0.324 e. The molecular weight excluding hydrogens is 230 g/mol. The Kier molecular flexibility index (Phi) is 3.69. The van der Waals surface area contributed by atoms with Crippen molar-refractivity contribution in [2.24, 2.45) is 5.11 Å². The number of urea groups is 1. The van der Waals surface area contributed by atoms with Gasteiger partial charge in [-0.05, 0) is 23.6 Å². The van der Waals surface area contributed by atoms with Crippen molar-refractivity contribution in [1.29, 1.82) is 0 Å². The van der Waals surface area contributed by atoms with Gasteiger partial charge < -0.3 is 4.90 Å². The standard InChI is InChI=1S/C12H15N5O/c1-16-9-10-5-2-3-6-11(10)17(12(16)18)8-4-7-14-15-13/h2-3,5-6H,4,7-9H2,1H3. The number of rotatable bonds is 4. The number of fused-ring (bicyclic) bond motifs is 1. The number of carbonyl (C=O) groups excluding carboxylic acids is 1. The molecule has 2 amide bonds. The van der Waals surface area contributed by atoms with Crippen LogP contribution in [-0.4, -0.2) is 31.1 Å². The van der Waals surface area contributed by atoms with Crippen LogP contribution in [0.5, 0.6) is 0 Å². The zero-order chi connectivity index (χ0) is 13.0. The maximum Gasteiger partial charge on any atom is 0.324 e. The first-order chi connectivity index (χ1) is 8.74. The highest BCUT2D eigenvalue weighted by atomic mass is 16.2. The second-order valence-corrected chi connectivity index (χ2v) is 4.23. The molecule has 0 bridgehead atoms. The van der Waals surface area contributed by atoms with Crippen molar-refractivity contribution in [1.82, 2.24) is 4.90 Å². The average Bonchev–Trinajstić information content (AvgIpc) is 2.38. The minimum atomic E-state index is -0.00497. The predicted octanol–water partition coefficient (Wildman–Crippen LogP) is 2.76. The fourth-order valence-electron chi connectivity index (χ4n) is 2.10. The van der Waals surface area contributed by atoms with Crippen molar-refractivity contribution in [3.05, 3.63) is 40.3 Å². The van der Waals surface area contributed by atoms with E-state index < -0.39 is 0 Å². The number of benzene rings is 1. The molecule has 0 spiro atoms. The van der Waals surface area contributed by atoms with Gasteiger partial charge in [0.2, 0.25) is 0 Å². The number of amides is 2. The third kappa shape index (κ3) is 2.38. The van der Waals surface area contributed by atoms with Crippen LogP contribution in [0.25, 0.3) is 10.4 Å². The van der Waals surface area contributed by atoms with E-state index in [1.54, 1.807) is 16.8 Å². The first-order valence-electron chi connectivity index (χ1n) is 5.85. The van der Waals surface area contributed by atoms with Gasteiger partial charge in [-0.15, -0.1) is 0 Å². The first kappa shape index (κ1) is 12.3. The van der Waals surface area contributed by atoms with E-state index in [0.717, 1.165) is 11.3 Å². The van der Waals surface area contributed by atoms with Gasteiger partial charge in [0.25, 0.3) is 0 Å². The molecule has 6 heteroatoms. The van der Waals surface area contributed by atoms with E-state index >= 15 is 0 Å². The number of anilines is 1. The van der Waals surface area contributed by atoms with E-state index in [4.69, 9.17) is 5.53 Å². The van der Waals surface area contributed by atoms with Crippen LogP contribution >= 0.6 is 0 Å². The molecule has 1 aliphatic heterocycles. The molecule has 0 unspecified atom stereocenters. The van der Waals surface area contributed by atoms with E-state index in [9.17, 15) is 4.79 Å². The Morgan fingerprint density at radius 3 is 3.00 bits per heavy atom. The van der Waals surface area contributed by atoms with Gasteiger partial charge in [-0.2, -0.15) is 0 Å². The zero-order valence-corrected chi connectivity index (χ0v) is 10.3. The van der Waals surface area contributed by atoms with E-state index in [0.29, 0.717) is 26.1 Å². The van der Waals surface area contributed by atoms with Crippen LogP contribution in [-0.2, 0) is 6.54 Å². The van der Waals surface area contributed by atoms with Crippen molar-refractivity contribution >= 4 is 11.7 Å². The van der Waals surface area contributed by atoms with Crippen LogP contribution in [0.1, 0.15) is 12.0 Å². The Balaban J connectivity index is 2.16. The average molecular weight is 245 g/mol. The summed E-state index contributed by atoms with van der Waals surface area (Å²) in [4.78, 5) is 18.2. The van der Waals surface area contributed by atoms with E-state index in [1.165, 1.54) is 0 Å². The van der Waals surface area contributed by atoms with Crippen LogP contribution in [0, 0.1) is 0 Å². The topological polar surface area (TPSA) is 72.3 Å². The Bertz CT molecular complexity index is 495. The lowest BCUT2D eigenvalue weighted by Crippen LogP contribution is -2.45. The maximum absolute atomic E-state index is 12.1. The van der Waals surface area contributed by atoms with Gasteiger partial charge in [0.15, 0.2) is 0 Å². The van der Waals surface area contributed by atoms with Crippen LogP contribution in [0.2, 0.25) is 0 Å². The van der Waals surface area contributed by atoms with E-state index in [-0.39, 0.29) is 6.03 Å². The Labute approximate surface area is 105 Å². The Hall–Kier alpha value is -2.20. The molecule has 18 heavy (non-hydrogen) atoms. The molecule has 94 valence electrons. The summed E-state index contributed by atoms with van der Waals surface area (Å²) >= 11 is 0. The first-order valence-corrected chi connectivity index (χ1v) is 5.85. The Morgan fingerprint density at radius 1 is 1.44 bits per heavy atom. The van der Waals surface area contributed by atoms with Crippen molar-refractivity contribution < 1.29 is 4.79 Å². The van der Waals surface area contributed by atoms with Crippen LogP contribution in [0.15, 0.2) is 29.4 Å². The summed E-state index contributed by atoms with van der Waals surface area (Å²) in [6.45, 7) is 1.62. The van der Waals surface area contributed by atoms with Crippen molar-refractivity contribution in [3.8, 4) is 0 Å². The minimum absolute atomic E-state index is 0.00497. The molecule has 0 fully saturated rings. The van der Waals surface area contributed by atoms with E-state index in [2.05, 4.69) is 10.0 Å². The third-order valence-electron chi connectivity index (χ3n) is 2.95. The number of hydrogen-bond donors (Lipinski definition) is 0. The molecule has 0 aliphatic carbocycles. The highest BCUT2D eigenvalue weighted by molar-refractivity contribution is 5.94. The highest BCUT2D eigenvalue weighted by Gasteiger charge is 2.26. The number of hydrogen-bond acceptors (Lipinski definition) is 2. The van der Waals surface area contributed by atoms with Gasteiger partial charge >= 0.3 is 6.03 Å². The summed E-state index contributed by atoms with van der Waals surface area (Å²) in [5.41, 5.74) is 10.3. The van der Waals surface area contributed by atoms with Crippen molar-refractivity contribution in [2.45, 2.75) is 13.0 Å². The Morgan fingerprint density at radius 2 is 2.22 bits per heavy atom. The lowest BCUT2D eigenvalue weighted by atomic mass is 10.1. The molecule has 2 rings (SSSR count). The molecule has 0 radical (unpaired) electrons. The minimum Gasteiger partial charge on any atom is -0.323 e. The maximum atomic E-state index is 12.1. The predicted molar refractivity (Wildman–Crippen MR) is 69.3 cm³/mol. The molecule has 1 aromatic rings. The number of carbonyl (C=O) groups is 1. The monoisotopic (exact) mass is 245 g/mol. The molecule has 1 aliphatic rings. The van der Waals surface area contributed by atoms with Gasteiger partial charge in [-0.1, -0.05) is 23.3 Å². The van der Waals surface area contributed by atoms with Gasteiger partial charge in [-0.25, -0.2) is 4.79 Å². The summed E-state index contributed by atoms with van der Waals surface area (Å²) in [5.74, 6) is 0. The highest BCUT2D eigenvalue weighted by Crippen LogP contribution is 2.27. The number of para-hydroxylation sites is 1. The summed E-state index contributed by atoms with van der Waals surface area (Å²) < 4.78 is 0. The molecule has 0 saturated carbocycles. The smallest absolute Gasteiger partial charge is 0.323 e. The second-order valence-electron chi connectivity index (χ2n) is 4.23. The summed E-state index contributed by atoms with van der Waals surface area (Å²) in [7, 11) is 1.79. The summed E-state index contributed by atoms with van der Waals surface area (Å²) in [5, 5.41) is 3.49. The normalized spacial score (nSPS) is 14.2. The van der Waals surface area contributed by atoms with E-state index in [1.807, 2.05) is 24.3 Å². The van der Waals surface area contributed by atoms with Crippen molar-refractivity contribution in [3.63, 3.8) is 0 Å². The van der Waals surface area contributed by atoms with Gasteiger partial charge in [-0.3, -0.25) is 4.90 Å². The lowest BCUT2D eigenvalue weighted by molar-refractivity contribution is 0.210. The number of nitrogens with zero attached hydrogens (tertiary/aromatic N) is 5. The molecule has 1 heterocycles. The molecule has 1 aromatic carbocycles. The molecule has 6 nitrogen and oxygen atoms in total. The molecule has 0 atom stereocenters. The van der Waals surface area contributed by atoms with Crippen molar-refractivity contribution in [2.75, 3.05) is 25.0 Å². The molecular formula is C12H15N5O. The fourth-order valence-corrected chi connectivity index (χ4v) is 2.10. The number of azide groups is 1. The van der Waals surface area contributed by atoms with Crippen LogP contribution < -0.4 is 4.90 Å². The second kappa shape index (κ2) is 5.42. The zero-order valence-electron chi connectivity index (χ0n) is 10.3. The molecule has 0 aromatic heterocycles. The summed E-state index contributed by atoms with van der Waals surface area (Å²) in [6, 6.07) is 7.87. The quantitative estimate of drug-likeness (QED) is 0.348. The lowest BCUT2D eigenvalue weighted by Gasteiger charge is -2.35. The summed E-state index contributed by atoms with van der Waals surface area (Å²) in [6.07, 6.45) is 0.665. The van der Waals surface area contributed by atoms with Crippen LogP contribution in [0.3, 0.4) is 0 Å². The van der Waals surface area contributed by atoms with Gasteiger partial charge in [0.1, 0.15) is 0 Å². The SMILES string of the molecule is CN1Cc2ccccc2N(CCCN=[N+]=[N-])C1=O. The third-order valence-corrected chi connectivity index (χ3v) is 2.95. The van der Waals surface area contributed by atoms with Gasteiger partial charge in [0, 0.05) is 31.6 Å². The van der Waals surface area contributed by atoms with Gasteiger partial charge in [0.05, 0.1) is 5.69 Å². The van der Waals surface area contributed by atoms with Crippen LogP contribution in [0.4, 0.5) is 10.5 Å². The molecule has 0 saturated heterocycles. The fraction of sp³-hybridized carbons (Fsp3) is 0.417.